The molecule has 0 aromatic rings. The average Bonchev–Trinajstić information content (AvgIpc) is 2.99. The summed E-state index contributed by atoms with van der Waals surface area (Å²) in [5, 5.41) is 3.35. The van der Waals surface area contributed by atoms with Gasteiger partial charge in [0.15, 0.2) is 0 Å². The number of nitrogens with zero attached hydrogens (tertiary/aromatic N) is 2. The van der Waals surface area contributed by atoms with E-state index in [1.807, 2.05) is 4.90 Å². The number of rotatable bonds is 3. The van der Waals surface area contributed by atoms with Crippen LogP contribution in [0.5, 0.6) is 0 Å². The zero-order valence-corrected chi connectivity index (χ0v) is 14.5. The normalized spacial score (nSPS) is 29.5. The summed E-state index contributed by atoms with van der Waals surface area (Å²) < 4.78 is 10.8. The molecule has 2 unspecified atom stereocenters. The van der Waals surface area contributed by atoms with Crippen molar-refractivity contribution in [3.8, 4) is 0 Å². The third-order valence-corrected chi connectivity index (χ3v) is 4.50. The fourth-order valence-electron chi connectivity index (χ4n) is 3.30. The van der Waals surface area contributed by atoms with Gasteiger partial charge in [0.1, 0.15) is 0 Å². The Morgan fingerprint density at radius 3 is 2.55 bits per heavy atom. The molecule has 0 aromatic carbocycles. The number of ether oxygens (including phenoxy) is 2. The van der Waals surface area contributed by atoms with Crippen LogP contribution in [-0.2, 0) is 14.3 Å². The minimum atomic E-state index is 0. The van der Waals surface area contributed by atoms with Crippen LogP contribution in [0.2, 0.25) is 0 Å². The van der Waals surface area contributed by atoms with Crippen LogP contribution in [-0.4, -0.2) is 86.9 Å². The van der Waals surface area contributed by atoms with Gasteiger partial charge in [-0.25, -0.2) is 0 Å². The first-order valence-electron chi connectivity index (χ1n) is 7.73. The van der Waals surface area contributed by atoms with Gasteiger partial charge in [-0.3, -0.25) is 9.69 Å². The molecule has 0 saturated carbocycles. The molecular weight excluding hydrogens is 329 g/mol. The van der Waals surface area contributed by atoms with Crippen molar-refractivity contribution in [1.29, 1.82) is 0 Å². The molecule has 3 fully saturated rings. The van der Waals surface area contributed by atoms with Gasteiger partial charge in [0.05, 0.1) is 26.4 Å². The van der Waals surface area contributed by atoms with E-state index >= 15 is 0 Å². The Morgan fingerprint density at radius 1 is 1.09 bits per heavy atom. The number of nitrogens with one attached hydrogen (secondary N) is 1. The standard InChI is InChI=1S/C14H25N3O3.2ClH/c18-14(9-12-11-20-6-2-15-12)17-3-1-13(10-17)16-4-7-19-8-5-16;;/h12-13,15H,1-11H2;2*1H. The number of amides is 1. The Hall–Kier alpha value is -0.110. The Labute approximate surface area is 144 Å². The molecular formula is C14H27Cl2N3O3. The van der Waals surface area contributed by atoms with Crippen molar-refractivity contribution >= 4 is 30.7 Å². The van der Waals surface area contributed by atoms with E-state index in [4.69, 9.17) is 9.47 Å². The van der Waals surface area contributed by atoms with Crippen molar-refractivity contribution < 1.29 is 14.3 Å². The van der Waals surface area contributed by atoms with Crippen LogP contribution in [0.4, 0.5) is 0 Å². The number of morpholine rings is 2. The molecule has 1 N–H and O–H groups in total. The van der Waals surface area contributed by atoms with Crippen LogP contribution < -0.4 is 5.32 Å². The van der Waals surface area contributed by atoms with Crippen molar-refractivity contribution in [1.82, 2.24) is 15.1 Å². The molecule has 0 bridgehead atoms. The average molecular weight is 356 g/mol. The molecule has 130 valence electrons. The lowest BCUT2D eigenvalue weighted by Gasteiger charge is -2.32. The van der Waals surface area contributed by atoms with Crippen molar-refractivity contribution in [2.45, 2.75) is 24.9 Å². The van der Waals surface area contributed by atoms with Crippen LogP contribution in [0, 0.1) is 0 Å². The van der Waals surface area contributed by atoms with E-state index < -0.39 is 0 Å². The molecule has 2 atom stereocenters. The maximum Gasteiger partial charge on any atom is 0.224 e. The van der Waals surface area contributed by atoms with E-state index in [-0.39, 0.29) is 36.8 Å². The molecule has 22 heavy (non-hydrogen) atoms. The summed E-state index contributed by atoms with van der Waals surface area (Å²) >= 11 is 0. The predicted octanol–water partition coefficient (Wildman–Crippen LogP) is 0.142. The summed E-state index contributed by atoms with van der Waals surface area (Å²) in [6, 6.07) is 0.720. The highest BCUT2D eigenvalue weighted by Crippen LogP contribution is 2.18. The summed E-state index contributed by atoms with van der Waals surface area (Å²) in [6.45, 7) is 7.71. The second-order valence-corrected chi connectivity index (χ2v) is 5.86. The molecule has 3 heterocycles. The fourth-order valence-corrected chi connectivity index (χ4v) is 3.30. The van der Waals surface area contributed by atoms with Crippen LogP contribution in [0.15, 0.2) is 0 Å². The summed E-state index contributed by atoms with van der Waals surface area (Å²) in [6.07, 6.45) is 1.66. The number of halogens is 2. The molecule has 8 heteroatoms. The number of likely N-dealkylation sites (tertiary alicyclic amines) is 1. The van der Waals surface area contributed by atoms with Gasteiger partial charge in [-0.15, -0.1) is 24.8 Å². The maximum absolute atomic E-state index is 12.3. The highest BCUT2D eigenvalue weighted by atomic mass is 35.5. The molecule has 3 aliphatic heterocycles. The van der Waals surface area contributed by atoms with Crippen LogP contribution in [0.3, 0.4) is 0 Å². The molecule has 6 nitrogen and oxygen atoms in total. The molecule has 3 rings (SSSR count). The zero-order chi connectivity index (χ0) is 13.8. The summed E-state index contributed by atoms with van der Waals surface area (Å²) in [5.41, 5.74) is 0. The highest BCUT2D eigenvalue weighted by molar-refractivity contribution is 5.85. The first-order chi connectivity index (χ1) is 9.83. The Morgan fingerprint density at radius 2 is 1.86 bits per heavy atom. The molecule has 0 aromatic heterocycles. The van der Waals surface area contributed by atoms with E-state index in [1.165, 1.54) is 0 Å². The van der Waals surface area contributed by atoms with E-state index in [2.05, 4.69) is 10.2 Å². The highest BCUT2D eigenvalue weighted by Gasteiger charge is 2.32. The molecule has 0 radical (unpaired) electrons. The van der Waals surface area contributed by atoms with Gasteiger partial charge in [0.25, 0.3) is 0 Å². The molecule has 3 saturated heterocycles. The topological polar surface area (TPSA) is 54.0 Å². The van der Waals surface area contributed by atoms with Crippen LogP contribution >= 0.6 is 24.8 Å². The van der Waals surface area contributed by atoms with Crippen molar-refractivity contribution in [2.75, 3.05) is 59.2 Å². The summed E-state index contributed by atoms with van der Waals surface area (Å²) in [5.74, 6) is 0.267. The number of carbonyl (C=O) groups is 1. The van der Waals surface area contributed by atoms with Crippen molar-refractivity contribution in [2.24, 2.45) is 0 Å². The second-order valence-electron chi connectivity index (χ2n) is 5.86. The van der Waals surface area contributed by atoms with Gasteiger partial charge in [-0.2, -0.15) is 0 Å². The Balaban J connectivity index is 0.00000121. The number of carbonyl (C=O) groups excluding carboxylic acids is 1. The number of hydrogen-bond acceptors (Lipinski definition) is 5. The molecule has 0 aliphatic carbocycles. The van der Waals surface area contributed by atoms with Crippen LogP contribution in [0.1, 0.15) is 12.8 Å². The maximum atomic E-state index is 12.3. The largest absolute Gasteiger partial charge is 0.379 e. The zero-order valence-electron chi connectivity index (χ0n) is 12.9. The SMILES string of the molecule is Cl.Cl.O=C(CC1COCCN1)N1CCC(N2CCOCC2)C1. The van der Waals surface area contributed by atoms with E-state index in [1.54, 1.807) is 0 Å². The Kier molecular flexibility index (Phi) is 8.97. The molecule has 0 spiro atoms. The first-order valence-corrected chi connectivity index (χ1v) is 7.73. The lowest BCUT2D eigenvalue weighted by molar-refractivity contribution is -0.131. The third kappa shape index (κ3) is 5.22. The van der Waals surface area contributed by atoms with Gasteiger partial charge in [-0.05, 0) is 6.42 Å². The summed E-state index contributed by atoms with van der Waals surface area (Å²) in [7, 11) is 0. The van der Waals surface area contributed by atoms with Gasteiger partial charge < -0.3 is 19.7 Å². The quantitative estimate of drug-likeness (QED) is 0.780. The Bertz CT molecular complexity index is 337. The van der Waals surface area contributed by atoms with E-state index in [0.29, 0.717) is 19.1 Å². The monoisotopic (exact) mass is 355 g/mol. The second kappa shape index (κ2) is 9.90. The lowest BCUT2D eigenvalue weighted by Crippen LogP contribution is -2.47. The molecule has 3 aliphatic rings. The van der Waals surface area contributed by atoms with Crippen molar-refractivity contribution in [3.63, 3.8) is 0 Å². The van der Waals surface area contributed by atoms with E-state index in [0.717, 1.165) is 59.0 Å². The lowest BCUT2D eigenvalue weighted by atomic mass is 10.2. The fraction of sp³-hybridized carbons (Fsp3) is 0.929. The predicted molar refractivity (Wildman–Crippen MR) is 89.1 cm³/mol. The van der Waals surface area contributed by atoms with Crippen LogP contribution in [0.25, 0.3) is 0 Å². The van der Waals surface area contributed by atoms with Gasteiger partial charge >= 0.3 is 0 Å². The number of hydrogen-bond donors (Lipinski definition) is 1. The van der Waals surface area contributed by atoms with E-state index in [9.17, 15) is 4.79 Å². The minimum absolute atomic E-state index is 0. The molecule has 1 amide bonds. The van der Waals surface area contributed by atoms with Gasteiger partial charge in [0, 0.05) is 51.2 Å². The smallest absolute Gasteiger partial charge is 0.224 e. The van der Waals surface area contributed by atoms with Crippen molar-refractivity contribution in [3.05, 3.63) is 0 Å². The summed E-state index contributed by atoms with van der Waals surface area (Å²) in [4.78, 5) is 16.8. The van der Waals surface area contributed by atoms with Gasteiger partial charge in [-0.1, -0.05) is 0 Å². The first kappa shape index (κ1) is 19.9. The van der Waals surface area contributed by atoms with Gasteiger partial charge in [0.2, 0.25) is 5.91 Å². The minimum Gasteiger partial charge on any atom is -0.379 e. The third-order valence-electron chi connectivity index (χ3n) is 4.50.